The van der Waals surface area contributed by atoms with E-state index in [1.807, 2.05) is 0 Å². The molecule has 0 spiro atoms. The van der Waals surface area contributed by atoms with Crippen molar-refractivity contribution in [2.24, 2.45) is 11.8 Å². The highest BCUT2D eigenvalue weighted by Crippen LogP contribution is 2.49. The first-order chi connectivity index (χ1) is 6.09. The minimum absolute atomic E-state index is 0.232. The fraction of sp³-hybridized carbons (Fsp3) is 0.889. The lowest BCUT2D eigenvalue weighted by molar-refractivity contribution is -0.151. The van der Waals surface area contributed by atoms with Gasteiger partial charge in [0.15, 0.2) is 0 Å². The van der Waals surface area contributed by atoms with Crippen LogP contribution >= 0.6 is 0 Å². The molecule has 2 bridgehead atoms. The Bertz CT molecular complexity index is 230. The van der Waals surface area contributed by atoms with Gasteiger partial charge in [0.05, 0.1) is 0 Å². The molecule has 0 aliphatic heterocycles. The lowest BCUT2D eigenvalue weighted by atomic mass is 9.94. The number of carbonyl (C=O) groups is 1. The van der Waals surface area contributed by atoms with Crippen molar-refractivity contribution < 1.29 is 18.3 Å². The fourth-order valence-corrected chi connectivity index (χ4v) is 2.51. The van der Waals surface area contributed by atoms with Crippen LogP contribution < -0.4 is 0 Å². The molecule has 2 aliphatic carbocycles. The first-order valence-electron chi connectivity index (χ1n) is 4.55. The topological polar surface area (TPSA) is 26.3 Å². The molecular formula is C9H12F2O2. The van der Waals surface area contributed by atoms with E-state index in [9.17, 15) is 13.6 Å². The number of ether oxygens (including phenoxy) is 1. The minimum atomic E-state index is -1.43. The molecule has 2 rings (SSSR count). The van der Waals surface area contributed by atoms with Gasteiger partial charge in [0.1, 0.15) is 18.4 Å². The van der Waals surface area contributed by atoms with Crippen molar-refractivity contribution in [1.29, 1.82) is 0 Å². The van der Waals surface area contributed by atoms with Gasteiger partial charge in [0.2, 0.25) is 0 Å². The van der Waals surface area contributed by atoms with Gasteiger partial charge in [-0.25, -0.2) is 8.78 Å². The molecular weight excluding hydrogens is 178 g/mol. The predicted octanol–water partition coefficient (Wildman–Crippen LogP) is 1.63. The van der Waals surface area contributed by atoms with Crippen LogP contribution in [-0.2, 0) is 9.53 Å². The number of hydrogen-bond donors (Lipinski definition) is 0. The van der Waals surface area contributed by atoms with Crippen LogP contribution in [0.2, 0.25) is 0 Å². The Morgan fingerprint density at radius 1 is 1.31 bits per heavy atom. The average molecular weight is 190 g/mol. The number of fused-ring (bicyclic) bond motifs is 2. The summed E-state index contributed by atoms with van der Waals surface area (Å²) in [4.78, 5) is 10.6. The third kappa shape index (κ3) is 1.32. The lowest BCUT2D eigenvalue weighted by Gasteiger charge is -2.26. The van der Waals surface area contributed by atoms with Gasteiger partial charge >= 0.3 is 5.97 Å². The van der Waals surface area contributed by atoms with Gasteiger partial charge in [-0.3, -0.25) is 4.79 Å². The second-order valence-electron chi connectivity index (χ2n) is 3.93. The maximum absolute atomic E-state index is 13.1. The molecule has 0 aromatic rings. The molecule has 0 radical (unpaired) electrons. The molecule has 0 amide bonds. The van der Waals surface area contributed by atoms with E-state index in [1.54, 1.807) is 0 Å². The normalized spacial score (nSPS) is 48.1. The van der Waals surface area contributed by atoms with Gasteiger partial charge in [0, 0.05) is 12.8 Å². The van der Waals surface area contributed by atoms with Gasteiger partial charge in [-0.1, -0.05) is 0 Å². The summed E-state index contributed by atoms with van der Waals surface area (Å²) in [6, 6.07) is 0. The van der Waals surface area contributed by atoms with Gasteiger partial charge in [-0.2, -0.15) is 0 Å². The van der Waals surface area contributed by atoms with Crippen LogP contribution in [0.1, 0.15) is 19.8 Å². The second kappa shape index (κ2) is 2.93. The average Bonchev–Trinajstić information content (AvgIpc) is 2.53. The molecule has 74 valence electrons. The van der Waals surface area contributed by atoms with E-state index >= 15 is 0 Å². The summed E-state index contributed by atoms with van der Waals surface area (Å²) in [5.74, 6) is -1.03. The Morgan fingerprint density at radius 3 is 2.46 bits per heavy atom. The van der Waals surface area contributed by atoms with E-state index in [1.165, 1.54) is 6.92 Å². The quantitative estimate of drug-likeness (QED) is 0.587. The van der Waals surface area contributed by atoms with Gasteiger partial charge in [-0.15, -0.1) is 0 Å². The molecule has 2 nitrogen and oxygen atoms in total. The summed E-state index contributed by atoms with van der Waals surface area (Å²) in [7, 11) is 0. The molecule has 4 heteroatoms. The van der Waals surface area contributed by atoms with E-state index in [-0.39, 0.29) is 12.0 Å². The molecule has 13 heavy (non-hydrogen) atoms. The van der Waals surface area contributed by atoms with E-state index in [0.29, 0.717) is 12.8 Å². The highest BCUT2D eigenvalue weighted by atomic mass is 19.2. The monoisotopic (exact) mass is 190 g/mol. The molecule has 0 N–H and O–H groups in total. The SMILES string of the molecule is CC(=O)O[C@H]1C[C@H]2C[C@@H]1[C@H](F)[C@@H]2F. The zero-order valence-electron chi connectivity index (χ0n) is 7.37. The highest BCUT2D eigenvalue weighted by molar-refractivity contribution is 5.66. The fourth-order valence-electron chi connectivity index (χ4n) is 2.51. The van der Waals surface area contributed by atoms with E-state index in [2.05, 4.69) is 0 Å². The van der Waals surface area contributed by atoms with Crippen LogP contribution in [0.5, 0.6) is 0 Å². The molecule has 0 saturated heterocycles. The van der Waals surface area contributed by atoms with Crippen molar-refractivity contribution in [2.75, 3.05) is 0 Å². The summed E-state index contributed by atoms with van der Waals surface area (Å²) < 4.78 is 31.1. The van der Waals surface area contributed by atoms with Gasteiger partial charge in [-0.05, 0) is 18.8 Å². The van der Waals surface area contributed by atoms with Crippen LogP contribution in [0.3, 0.4) is 0 Å². The maximum atomic E-state index is 13.1. The summed E-state index contributed by atoms with van der Waals surface area (Å²) in [5.41, 5.74) is 0. The number of carbonyl (C=O) groups excluding carboxylic acids is 1. The minimum Gasteiger partial charge on any atom is -0.462 e. The van der Waals surface area contributed by atoms with Crippen molar-refractivity contribution in [1.82, 2.24) is 0 Å². The van der Waals surface area contributed by atoms with E-state index in [0.717, 1.165) is 0 Å². The Labute approximate surface area is 75.3 Å². The van der Waals surface area contributed by atoms with Gasteiger partial charge in [0.25, 0.3) is 0 Å². The maximum Gasteiger partial charge on any atom is 0.302 e. The number of halogens is 2. The summed E-state index contributed by atoms with van der Waals surface area (Å²) >= 11 is 0. The highest BCUT2D eigenvalue weighted by Gasteiger charge is 2.55. The van der Waals surface area contributed by atoms with Crippen LogP contribution in [0.15, 0.2) is 0 Å². The van der Waals surface area contributed by atoms with Crippen molar-refractivity contribution in [3.05, 3.63) is 0 Å². The molecule has 0 unspecified atom stereocenters. The van der Waals surface area contributed by atoms with Crippen molar-refractivity contribution in [3.63, 3.8) is 0 Å². The van der Waals surface area contributed by atoms with Crippen LogP contribution in [0, 0.1) is 11.8 Å². The van der Waals surface area contributed by atoms with Crippen molar-refractivity contribution >= 4 is 5.97 Å². The Kier molecular flexibility index (Phi) is 2.00. The smallest absolute Gasteiger partial charge is 0.302 e. The van der Waals surface area contributed by atoms with Crippen LogP contribution in [-0.4, -0.2) is 24.4 Å². The lowest BCUT2D eigenvalue weighted by Crippen LogP contribution is -2.36. The van der Waals surface area contributed by atoms with Crippen molar-refractivity contribution in [3.8, 4) is 0 Å². The molecule has 2 aliphatic rings. The van der Waals surface area contributed by atoms with Crippen LogP contribution in [0.4, 0.5) is 8.78 Å². The Morgan fingerprint density at radius 2 is 2.00 bits per heavy atom. The third-order valence-corrected chi connectivity index (χ3v) is 3.07. The third-order valence-electron chi connectivity index (χ3n) is 3.07. The number of alkyl halides is 2. The van der Waals surface area contributed by atoms with Gasteiger partial charge < -0.3 is 4.74 Å². The molecule has 5 atom stereocenters. The summed E-state index contributed by atoms with van der Waals surface area (Å²) in [6.45, 7) is 1.30. The summed E-state index contributed by atoms with van der Waals surface area (Å²) in [5, 5.41) is 0. The zero-order chi connectivity index (χ0) is 9.59. The molecule has 2 saturated carbocycles. The second-order valence-corrected chi connectivity index (χ2v) is 3.93. The largest absolute Gasteiger partial charge is 0.462 e. The molecule has 2 fully saturated rings. The first-order valence-corrected chi connectivity index (χ1v) is 4.55. The number of esters is 1. The van der Waals surface area contributed by atoms with Crippen LogP contribution in [0.25, 0.3) is 0 Å². The molecule has 0 heterocycles. The zero-order valence-corrected chi connectivity index (χ0v) is 7.37. The van der Waals surface area contributed by atoms with E-state index < -0.39 is 24.2 Å². The summed E-state index contributed by atoms with van der Waals surface area (Å²) in [6.07, 6.45) is -2.13. The number of hydrogen-bond acceptors (Lipinski definition) is 2. The number of rotatable bonds is 1. The predicted molar refractivity (Wildman–Crippen MR) is 41.6 cm³/mol. The van der Waals surface area contributed by atoms with E-state index in [4.69, 9.17) is 4.74 Å². The Balaban J connectivity index is 2.02. The first kappa shape index (κ1) is 8.91. The Hall–Kier alpha value is -0.670. The standard InChI is InChI=1S/C9H12F2O2/c1-4(12)13-7-3-5-2-6(7)9(11)8(5)10/h5-9H,2-3H2,1H3/t5-,6+,7+,8-,9+/m1/s1. The van der Waals surface area contributed by atoms with Crippen molar-refractivity contribution in [2.45, 2.75) is 38.2 Å². The molecule has 0 aromatic carbocycles. The molecule has 0 aromatic heterocycles.